The molecule has 2 N–H and O–H groups in total. The van der Waals surface area contributed by atoms with Crippen molar-refractivity contribution in [3.63, 3.8) is 0 Å². The van der Waals surface area contributed by atoms with Crippen molar-refractivity contribution < 1.29 is 17.6 Å². The van der Waals surface area contributed by atoms with Gasteiger partial charge in [-0.05, 0) is 13.3 Å². The van der Waals surface area contributed by atoms with Gasteiger partial charge in [-0.25, -0.2) is 8.42 Å². The van der Waals surface area contributed by atoms with Crippen LogP contribution < -0.4 is 5.73 Å². The summed E-state index contributed by atoms with van der Waals surface area (Å²) in [6, 6.07) is 0. The van der Waals surface area contributed by atoms with E-state index in [0.29, 0.717) is 12.3 Å². The van der Waals surface area contributed by atoms with Gasteiger partial charge in [0.2, 0.25) is 11.8 Å². The summed E-state index contributed by atoms with van der Waals surface area (Å²) in [5.41, 5.74) is 5.12. The minimum Gasteiger partial charge on any atom is -0.416 e. The zero-order valence-corrected chi connectivity index (χ0v) is 11.3. The molecular formula is C9H13N3O4S2. The Morgan fingerprint density at radius 3 is 2.83 bits per heavy atom. The second-order valence-electron chi connectivity index (χ2n) is 4.17. The smallest absolute Gasteiger partial charge is 0.277 e. The molecule has 1 aromatic rings. The van der Waals surface area contributed by atoms with Crippen LogP contribution in [0.4, 0.5) is 0 Å². The molecule has 0 spiro atoms. The largest absolute Gasteiger partial charge is 0.416 e. The third-order valence-corrected chi connectivity index (χ3v) is 5.40. The summed E-state index contributed by atoms with van der Waals surface area (Å²) in [6.45, 7) is 1.64. The Labute approximate surface area is 108 Å². The van der Waals surface area contributed by atoms with Gasteiger partial charge in [-0.2, -0.15) is 0 Å². The van der Waals surface area contributed by atoms with Crippen molar-refractivity contribution in [1.82, 2.24) is 10.2 Å². The SMILES string of the molecule is C[C@H](Sc1nnc([C@H]2CCS(=O)(=O)C2)o1)C(N)=O. The summed E-state index contributed by atoms with van der Waals surface area (Å²) in [5, 5.41) is 7.37. The van der Waals surface area contributed by atoms with Crippen LogP contribution in [0.3, 0.4) is 0 Å². The van der Waals surface area contributed by atoms with Crippen LogP contribution in [-0.2, 0) is 14.6 Å². The maximum atomic E-state index is 11.3. The molecule has 1 fully saturated rings. The summed E-state index contributed by atoms with van der Waals surface area (Å²) >= 11 is 1.07. The molecule has 2 heterocycles. The van der Waals surface area contributed by atoms with E-state index < -0.39 is 21.0 Å². The molecule has 2 rings (SSSR count). The van der Waals surface area contributed by atoms with Gasteiger partial charge in [0.15, 0.2) is 9.84 Å². The highest BCUT2D eigenvalue weighted by Gasteiger charge is 2.33. The Morgan fingerprint density at radius 2 is 2.28 bits per heavy atom. The molecule has 100 valence electrons. The Morgan fingerprint density at radius 1 is 1.56 bits per heavy atom. The summed E-state index contributed by atoms with van der Waals surface area (Å²) in [4.78, 5) is 10.9. The van der Waals surface area contributed by atoms with Crippen LogP contribution in [0.15, 0.2) is 9.64 Å². The third-order valence-electron chi connectivity index (χ3n) is 2.68. The Balaban J connectivity index is 2.05. The molecular weight excluding hydrogens is 278 g/mol. The molecule has 1 aliphatic heterocycles. The maximum absolute atomic E-state index is 11.3. The van der Waals surface area contributed by atoms with E-state index in [2.05, 4.69) is 10.2 Å². The number of carbonyl (C=O) groups is 1. The average Bonchev–Trinajstić information content (AvgIpc) is 2.84. The van der Waals surface area contributed by atoms with Gasteiger partial charge < -0.3 is 10.2 Å². The van der Waals surface area contributed by atoms with Crippen molar-refractivity contribution in [3.8, 4) is 0 Å². The number of nitrogens with zero attached hydrogens (tertiary/aromatic N) is 2. The van der Waals surface area contributed by atoms with E-state index in [1.54, 1.807) is 6.92 Å². The van der Waals surface area contributed by atoms with E-state index >= 15 is 0 Å². The molecule has 1 aliphatic rings. The molecule has 18 heavy (non-hydrogen) atoms. The molecule has 1 saturated heterocycles. The molecule has 2 atom stereocenters. The van der Waals surface area contributed by atoms with Crippen LogP contribution in [0.2, 0.25) is 0 Å². The number of primary amides is 1. The lowest BCUT2D eigenvalue weighted by molar-refractivity contribution is -0.117. The highest BCUT2D eigenvalue weighted by Crippen LogP contribution is 2.30. The van der Waals surface area contributed by atoms with E-state index in [0.717, 1.165) is 11.8 Å². The highest BCUT2D eigenvalue weighted by atomic mass is 32.2. The van der Waals surface area contributed by atoms with E-state index in [1.165, 1.54) is 0 Å². The van der Waals surface area contributed by atoms with Crippen molar-refractivity contribution in [2.45, 2.75) is 29.7 Å². The van der Waals surface area contributed by atoms with Gasteiger partial charge >= 0.3 is 0 Å². The molecule has 0 radical (unpaired) electrons. The zero-order valence-electron chi connectivity index (χ0n) is 9.70. The number of carbonyl (C=O) groups excluding carboxylic acids is 1. The zero-order chi connectivity index (χ0) is 13.3. The van der Waals surface area contributed by atoms with E-state index in [-0.39, 0.29) is 22.6 Å². The predicted molar refractivity (Wildman–Crippen MR) is 64.8 cm³/mol. The molecule has 0 saturated carbocycles. The molecule has 0 bridgehead atoms. The molecule has 1 amide bonds. The Kier molecular flexibility index (Phi) is 3.62. The van der Waals surface area contributed by atoms with Gasteiger partial charge in [-0.3, -0.25) is 4.79 Å². The fourth-order valence-corrected chi connectivity index (χ4v) is 4.00. The quantitative estimate of drug-likeness (QED) is 0.772. The number of aromatic nitrogens is 2. The standard InChI is InChI=1S/C9H13N3O4S2/c1-5(7(10)13)17-9-12-11-8(16-9)6-2-3-18(14,15)4-6/h5-6H,2-4H2,1H3,(H2,10,13)/t5-,6-/m0/s1. The summed E-state index contributed by atoms with van der Waals surface area (Å²) in [5.74, 6) is -0.190. The second kappa shape index (κ2) is 4.88. The van der Waals surface area contributed by atoms with Crippen molar-refractivity contribution in [3.05, 3.63) is 5.89 Å². The Hall–Kier alpha value is -1.09. The summed E-state index contributed by atoms with van der Waals surface area (Å²) < 4.78 is 28.0. The van der Waals surface area contributed by atoms with Crippen LogP contribution >= 0.6 is 11.8 Å². The van der Waals surface area contributed by atoms with Gasteiger partial charge in [0.05, 0.1) is 22.7 Å². The topological polar surface area (TPSA) is 116 Å². The van der Waals surface area contributed by atoms with E-state index in [9.17, 15) is 13.2 Å². The number of sulfone groups is 1. The highest BCUT2D eigenvalue weighted by molar-refractivity contribution is 8.00. The maximum Gasteiger partial charge on any atom is 0.277 e. The lowest BCUT2D eigenvalue weighted by Crippen LogP contribution is -2.22. The van der Waals surface area contributed by atoms with Crippen LogP contribution in [0.1, 0.15) is 25.2 Å². The van der Waals surface area contributed by atoms with Crippen LogP contribution in [0.25, 0.3) is 0 Å². The molecule has 0 unspecified atom stereocenters. The number of thioether (sulfide) groups is 1. The molecule has 0 aromatic carbocycles. The van der Waals surface area contributed by atoms with E-state index in [1.807, 2.05) is 0 Å². The van der Waals surface area contributed by atoms with Gasteiger partial charge in [0, 0.05) is 0 Å². The van der Waals surface area contributed by atoms with Crippen LogP contribution in [0.5, 0.6) is 0 Å². The number of rotatable bonds is 4. The van der Waals surface area contributed by atoms with Gasteiger partial charge in [0.1, 0.15) is 0 Å². The van der Waals surface area contributed by atoms with Crippen molar-refractivity contribution in [1.29, 1.82) is 0 Å². The minimum absolute atomic E-state index is 0.0463. The van der Waals surface area contributed by atoms with Crippen LogP contribution in [-0.4, -0.2) is 41.3 Å². The average molecular weight is 291 g/mol. The van der Waals surface area contributed by atoms with Crippen molar-refractivity contribution in [2.24, 2.45) is 5.73 Å². The third kappa shape index (κ3) is 3.02. The number of hydrogen-bond donors (Lipinski definition) is 1. The van der Waals surface area contributed by atoms with Gasteiger partial charge in [-0.1, -0.05) is 11.8 Å². The normalized spacial score (nSPS) is 23.9. The van der Waals surface area contributed by atoms with E-state index in [4.69, 9.17) is 10.2 Å². The van der Waals surface area contributed by atoms with Crippen molar-refractivity contribution >= 4 is 27.5 Å². The van der Waals surface area contributed by atoms with Crippen LogP contribution in [0, 0.1) is 0 Å². The number of amides is 1. The molecule has 9 heteroatoms. The molecule has 7 nitrogen and oxygen atoms in total. The van der Waals surface area contributed by atoms with Crippen molar-refractivity contribution in [2.75, 3.05) is 11.5 Å². The molecule has 0 aliphatic carbocycles. The first-order valence-corrected chi connectivity index (χ1v) is 8.07. The van der Waals surface area contributed by atoms with Gasteiger partial charge in [-0.15, -0.1) is 10.2 Å². The second-order valence-corrected chi connectivity index (χ2v) is 7.69. The first kappa shape index (κ1) is 13.3. The fraction of sp³-hybridized carbons (Fsp3) is 0.667. The summed E-state index contributed by atoms with van der Waals surface area (Å²) in [6.07, 6.45) is 0.500. The lowest BCUT2D eigenvalue weighted by Gasteiger charge is -2.02. The number of nitrogens with two attached hydrogens (primary N) is 1. The first-order chi connectivity index (χ1) is 8.37. The fourth-order valence-electron chi connectivity index (χ4n) is 1.63. The summed E-state index contributed by atoms with van der Waals surface area (Å²) in [7, 11) is -2.98. The van der Waals surface area contributed by atoms with Gasteiger partial charge in [0.25, 0.3) is 5.22 Å². The molecule has 1 aromatic heterocycles. The monoisotopic (exact) mass is 291 g/mol. The lowest BCUT2D eigenvalue weighted by atomic mass is 10.1. The predicted octanol–water partition coefficient (Wildman–Crippen LogP) is -0.0624. The first-order valence-electron chi connectivity index (χ1n) is 5.37. The minimum atomic E-state index is -2.98. The number of hydrogen-bond acceptors (Lipinski definition) is 7. The Bertz CT molecular complexity index is 554.